The van der Waals surface area contributed by atoms with Gasteiger partial charge in [-0.05, 0) is 39.0 Å². The van der Waals surface area contributed by atoms with Crippen molar-refractivity contribution in [1.29, 1.82) is 0 Å². The minimum atomic E-state index is -0.523. The van der Waals surface area contributed by atoms with E-state index in [0.717, 1.165) is 0 Å². The Morgan fingerprint density at radius 1 is 1.35 bits per heavy atom. The number of carbonyl (C=O) groups is 1. The number of nitrogens with one attached hydrogen (secondary N) is 2. The van der Waals surface area contributed by atoms with E-state index in [0.29, 0.717) is 25.2 Å². The van der Waals surface area contributed by atoms with E-state index in [1.807, 2.05) is 0 Å². The van der Waals surface area contributed by atoms with E-state index in [1.54, 1.807) is 20.8 Å². The number of hydrogen-bond donors (Lipinski definition) is 3. The highest BCUT2D eigenvalue weighted by molar-refractivity contribution is 5.67. The molecule has 0 fully saturated rings. The van der Waals surface area contributed by atoms with Crippen molar-refractivity contribution < 1.29 is 19.0 Å². The number of benzene rings is 1. The lowest BCUT2D eigenvalue weighted by atomic mass is 10.2. The quantitative estimate of drug-likeness (QED) is 0.725. The highest BCUT2D eigenvalue weighted by Gasteiger charge is 2.15. The number of alkyl carbamates (subject to hydrolysis) is 1. The second kappa shape index (κ2) is 7.09. The van der Waals surface area contributed by atoms with Crippen LogP contribution in [-0.4, -0.2) is 29.9 Å². The van der Waals surface area contributed by atoms with Crippen LogP contribution in [-0.2, 0) is 11.3 Å². The van der Waals surface area contributed by atoms with Crippen LogP contribution >= 0.6 is 0 Å². The molecule has 1 rings (SSSR count). The summed E-state index contributed by atoms with van der Waals surface area (Å²) in [6.07, 6.45) is -0.479. The fourth-order valence-corrected chi connectivity index (χ4v) is 1.49. The number of rotatable bonds is 5. The Hall–Kier alpha value is -1.82. The molecule has 1 aromatic carbocycles. The third-order valence-corrected chi connectivity index (χ3v) is 2.33. The molecule has 0 saturated carbocycles. The average Bonchev–Trinajstić information content (AvgIpc) is 2.30. The van der Waals surface area contributed by atoms with Crippen LogP contribution in [0.25, 0.3) is 0 Å². The van der Waals surface area contributed by atoms with Crippen LogP contribution < -0.4 is 10.6 Å². The number of phenolic OH excluding ortho intramolecular Hbond substituents is 1. The van der Waals surface area contributed by atoms with E-state index in [-0.39, 0.29) is 5.75 Å². The van der Waals surface area contributed by atoms with E-state index in [1.165, 1.54) is 18.2 Å². The van der Waals surface area contributed by atoms with Crippen LogP contribution in [0.1, 0.15) is 26.3 Å². The molecule has 0 spiro atoms. The van der Waals surface area contributed by atoms with E-state index in [4.69, 9.17) is 4.74 Å². The maximum atomic E-state index is 13.0. The first-order valence-corrected chi connectivity index (χ1v) is 6.43. The molecule has 3 N–H and O–H groups in total. The molecule has 20 heavy (non-hydrogen) atoms. The molecule has 5 nitrogen and oxygen atoms in total. The molecule has 0 aliphatic carbocycles. The third kappa shape index (κ3) is 6.38. The molecule has 0 atom stereocenters. The first kappa shape index (κ1) is 16.2. The normalized spacial score (nSPS) is 11.2. The summed E-state index contributed by atoms with van der Waals surface area (Å²) in [4.78, 5) is 11.3. The minimum Gasteiger partial charge on any atom is -0.508 e. The lowest BCUT2D eigenvalue weighted by Crippen LogP contribution is -2.36. The molecule has 0 saturated heterocycles. The molecular weight excluding hydrogens is 263 g/mol. The Bertz CT molecular complexity index is 458. The second-order valence-electron chi connectivity index (χ2n) is 5.38. The van der Waals surface area contributed by atoms with Gasteiger partial charge in [-0.3, -0.25) is 0 Å². The van der Waals surface area contributed by atoms with Gasteiger partial charge in [-0.1, -0.05) is 0 Å². The van der Waals surface area contributed by atoms with Crippen molar-refractivity contribution in [3.63, 3.8) is 0 Å². The molecule has 0 aliphatic heterocycles. The average molecular weight is 284 g/mol. The van der Waals surface area contributed by atoms with Crippen molar-refractivity contribution >= 4 is 6.09 Å². The molecule has 112 valence electrons. The lowest BCUT2D eigenvalue weighted by molar-refractivity contribution is 0.0528. The smallest absolute Gasteiger partial charge is 0.407 e. The van der Waals surface area contributed by atoms with Crippen molar-refractivity contribution in [2.75, 3.05) is 13.1 Å². The molecule has 6 heteroatoms. The van der Waals surface area contributed by atoms with Gasteiger partial charge in [-0.25, -0.2) is 9.18 Å². The Morgan fingerprint density at radius 2 is 2.05 bits per heavy atom. The lowest BCUT2D eigenvalue weighted by Gasteiger charge is -2.19. The molecular formula is C14H21FN2O3. The van der Waals surface area contributed by atoms with Crippen molar-refractivity contribution in [3.05, 3.63) is 29.6 Å². The van der Waals surface area contributed by atoms with Gasteiger partial charge in [-0.15, -0.1) is 0 Å². The van der Waals surface area contributed by atoms with Crippen molar-refractivity contribution in [2.24, 2.45) is 0 Å². The number of amides is 1. The van der Waals surface area contributed by atoms with E-state index < -0.39 is 17.5 Å². The molecule has 0 heterocycles. The SMILES string of the molecule is CC(C)(C)OC(=O)NCCNCc1cc(F)ccc1O. The number of aromatic hydroxyl groups is 1. The van der Waals surface area contributed by atoms with E-state index in [9.17, 15) is 14.3 Å². The molecule has 0 aliphatic rings. The maximum absolute atomic E-state index is 13.0. The minimum absolute atomic E-state index is 0.0407. The largest absolute Gasteiger partial charge is 0.508 e. The van der Waals surface area contributed by atoms with Gasteiger partial charge >= 0.3 is 6.09 Å². The van der Waals surface area contributed by atoms with Crippen LogP contribution in [0.15, 0.2) is 18.2 Å². The van der Waals surface area contributed by atoms with Crippen molar-refractivity contribution in [1.82, 2.24) is 10.6 Å². The zero-order chi connectivity index (χ0) is 15.2. The summed E-state index contributed by atoms with van der Waals surface area (Å²) in [6, 6.07) is 3.78. The van der Waals surface area contributed by atoms with Crippen LogP contribution in [0.3, 0.4) is 0 Å². The molecule has 0 unspecified atom stereocenters. The van der Waals surface area contributed by atoms with Gasteiger partial charge in [0.25, 0.3) is 0 Å². The molecule has 0 radical (unpaired) electrons. The fraction of sp³-hybridized carbons (Fsp3) is 0.500. The van der Waals surface area contributed by atoms with Crippen LogP contribution in [0.5, 0.6) is 5.75 Å². The summed E-state index contributed by atoms with van der Waals surface area (Å²) in [6.45, 7) is 6.55. The summed E-state index contributed by atoms with van der Waals surface area (Å²) >= 11 is 0. The molecule has 0 aromatic heterocycles. The summed E-state index contributed by atoms with van der Waals surface area (Å²) in [5.74, 6) is -0.356. The standard InChI is InChI=1S/C14H21FN2O3/c1-14(2,3)20-13(19)17-7-6-16-9-10-8-11(15)4-5-12(10)18/h4-5,8,16,18H,6-7,9H2,1-3H3,(H,17,19). The number of phenols is 1. The number of halogens is 1. The first-order chi connectivity index (χ1) is 9.28. The Morgan fingerprint density at radius 3 is 2.70 bits per heavy atom. The van der Waals surface area contributed by atoms with Gasteiger partial charge in [0, 0.05) is 25.2 Å². The predicted molar refractivity (Wildman–Crippen MR) is 74.0 cm³/mol. The van der Waals surface area contributed by atoms with Gasteiger partial charge in [-0.2, -0.15) is 0 Å². The summed E-state index contributed by atoms with van der Waals surface area (Å²) in [5.41, 5.74) is -0.0486. The summed E-state index contributed by atoms with van der Waals surface area (Å²) < 4.78 is 18.0. The monoisotopic (exact) mass is 284 g/mol. The Kier molecular flexibility index (Phi) is 5.76. The van der Waals surface area contributed by atoms with Crippen LogP contribution in [0.2, 0.25) is 0 Å². The van der Waals surface area contributed by atoms with Crippen molar-refractivity contribution in [3.8, 4) is 5.75 Å². The number of carbonyl (C=O) groups excluding carboxylic acids is 1. The number of ether oxygens (including phenoxy) is 1. The zero-order valence-corrected chi connectivity index (χ0v) is 12.0. The predicted octanol–water partition coefficient (Wildman–Crippen LogP) is 2.15. The fourth-order valence-electron chi connectivity index (χ4n) is 1.49. The summed E-state index contributed by atoms with van der Waals surface area (Å²) in [7, 11) is 0. The molecule has 1 amide bonds. The van der Waals surface area contributed by atoms with Crippen molar-refractivity contribution in [2.45, 2.75) is 32.9 Å². The Balaban J connectivity index is 2.22. The maximum Gasteiger partial charge on any atom is 0.407 e. The van der Waals surface area contributed by atoms with Crippen LogP contribution in [0.4, 0.5) is 9.18 Å². The van der Waals surface area contributed by atoms with Gasteiger partial charge < -0.3 is 20.5 Å². The summed E-state index contributed by atoms with van der Waals surface area (Å²) in [5, 5.41) is 15.1. The van der Waals surface area contributed by atoms with Gasteiger partial charge in [0.2, 0.25) is 0 Å². The van der Waals surface area contributed by atoms with E-state index in [2.05, 4.69) is 10.6 Å². The second-order valence-corrected chi connectivity index (χ2v) is 5.38. The molecule has 0 bridgehead atoms. The number of hydrogen-bond acceptors (Lipinski definition) is 4. The van der Waals surface area contributed by atoms with Gasteiger partial charge in [0.15, 0.2) is 0 Å². The topological polar surface area (TPSA) is 70.6 Å². The van der Waals surface area contributed by atoms with E-state index >= 15 is 0 Å². The Labute approximate surface area is 118 Å². The first-order valence-electron chi connectivity index (χ1n) is 6.43. The molecule has 1 aromatic rings. The highest BCUT2D eigenvalue weighted by atomic mass is 19.1. The van der Waals surface area contributed by atoms with Gasteiger partial charge in [0.1, 0.15) is 17.2 Å². The zero-order valence-electron chi connectivity index (χ0n) is 12.0. The highest BCUT2D eigenvalue weighted by Crippen LogP contribution is 2.17. The third-order valence-electron chi connectivity index (χ3n) is 2.33. The van der Waals surface area contributed by atoms with Crippen LogP contribution in [0, 0.1) is 5.82 Å². The van der Waals surface area contributed by atoms with Gasteiger partial charge in [0.05, 0.1) is 0 Å².